The molecule has 0 aliphatic rings. The zero-order chi connectivity index (χ0) is 14.9. The van der Waals surface area contributed by atoms with Crippen molar-refractivity contribution in [3.05, 3.63) is 36.5 Å². The van der Waals surface area contributed by atoms with Crippen LogP contribution < -0.4 is 10.1 Å². The van der Waals surface area contributed by atoms with Gasteiger partial charge in [-0.25, -0.2) is 0 Å². The SMILES string of the molecule is CCOCCNCCOc1ccccc1-c1ccnn1C. The van der Waals surface area contributed by atoms with Gasteiger partial charge in [0, 0.05) is 38.5 Å². The lowest BCUT2D eigenvalue weighted by molar-refractivity contribution is 0.148. The number of aryl methyl sites for hydroxylation is 1. The van der Waals surface area contributed by atoms with Gasteiger partial charge in [0.2, 0.25) is 0 Å². The molecule has 0 aliphatic heterocycles. The van der Waals surface area contributed by atoms with Gasteiger partial charge in [0.25, 0.3) is 0 Å². The summed E-state index contributed by atoms with van der Waals surface area (Å²) < 4.78 is 13.0. The van der Waals surface area contributed by atoms with Crippen LogP contribution in [0.5, 0.6) is 5.75 Å². The molecule has 0 atom stereocenters. The predicted octanol–water partition coefficient (Wildman–Crippen LogP) is 2.09. The molecule has 0 spiro atoms. The fraction of sp³-hybridized carbons (Fsp3) is 0.438. The van der Waals surface area contributed by atoms with E-state index in [0.717, 1.165) is 43.3 Å². The van der Waals surface area contributed by atoms with E-state index in [9.17, 15) is 0 Å². The standard InChI is InChI=1S/C16H23N3O2/c1-3-20-12-10-17-11-13-21-16-7-5-4-6-14(16)15-8-9-18-19(15)2/h4-9,17H,3,10-13H2,1-2H3. The highest BCUT2D eigenvalue weighted by molar-refractivity contribution is 5.67. The second-order valence-corrected chi connectivity index (χ2v) is 4.63. The van der Waals surface area contributed by atoms with Crippen molar-refractivity contribution in [1.29, 1.82) is 0 Å². The van der Waals surface area contributed by atoms with Crippen LogP contribution in [-0.4, -0.2) is 42.7 Å². The minimum Gasteiger partial charge on any atom is -0.492 e. The van der Waals surface area contributed by atoms with Crippen molar-refractivity contribution >= 4 is 0 Å². The number of para-hydroxylation sites is 1. The van der Waals surface area contributed by atoms with Crippen LogP contribution in [0, 0.1) is 0 Å². The molecule has 21 heavy (non-hydrogen) atoms. The molecular formula is C16H23N3O2. The van der Waals surface area contributed by atoms with Gasteiger partial charge in [-0.1, -0.05) is 12.1 Å². The summed E-state index contributed by atoms with van der Waals surface area (Å²) in [6.45, 7) is 5.77. The third-order valence-corrected chi connectivity index (χ3v) is 3.15. The van der Waals surface area contributed by atoms with Crippen LogP contribution >= 0.6 is 0 Å². The lowest BCUT2D eigenvalue weighted by Gasteiger charge is -2.12. The summed E-state index contributed by atoms with van der Waals surface area (Å²) in [4.78, 5) is 0. The maximum atomic E-state index is 5.88. The van der Waals surface area contributed by atoms with Gasteiger partial charge in [-0.05, 0) is 25.1 Å². The first-order valence-electron chi connectivity index (χ1n) is 7.31. The van der Waals surface area contributed by atoms with E-state index in [1.807, 2.05) is 42.9 Å². The van der Waals surface area contributed by atoms with Crippen molar-refractivity contribution in [3.8, 4) is 17.0 Å². The molecule has 0 fully saturated rings. The molecule has 5 heteroatoms. The van der Waals surface area contributed by atoms with E-state index in [-0.39, 0.29) is 0 Å². The highest BCUT2D eigenvalue weighted by Gasteiger charge is 2.08. The fourth-order valence-corrected chi connectivity index (χ4v) is 2.09. The molecule has 1 aromatic heterocycles. The maximum absolute atomic E-state index is 5.88. The smallest absolute Gasteiger partial charge is 0.128 e. The Morgan fingerprint density at radius 2 is 1.95 bits per heavy atom. The summed E-state index contributed by atoms with van der Waals surface area (Å²) in [5, 5.41) is 7.50. The summed E-state index contributed by atoms with van der Waals surface area (Å²) in [6.07, 6.45) is 1.79. The van der Waals surface area contributed by atoms with Crippen molar-refractivity contribution in [2.45, 2.75) is 6.92 Å². The Hall–Kier alpha value is -1.85. The highest BCUT2D eigenvalue weighted by atomic mass is 16.5. The molecule has 2 rings (SSSR count). The summed E-state index contributed by atoms with van der Waals surface area (Å²) in [5.74, 6) is 0.882. The quantitative estimate of drug-likeness (QED) is 0.718. The molecule has 114 valence electrons. The second-order valence-electron chi connectivity index (χ2n) is 4.63. The molecule has 2 aromatic rings. The number of rotatable bonds is 9. The highest BCUT2D eigenvalue weighted by Crippen LogP contribution is 2.28. The van der Waals surface area contributed by atoms with Crippen LogP contribution in [0.3, 0.4) is 0 Å². The van der Waals surface area contributed by atoms with E-state index in [0.29, 0.717) is 6.61 Å². The van der Waals surface area contributed by atoms with Gasteiger partial charge in [0.1, 0.15) is 12.4 Å². The van der Waals surface area contributed by atoms with E-state index in [1.54, 1.807) is 6.20 Å². The van der Waals surface area contributed by atoms with Crippen LogP contribution in [0.25, 0.3) is 11.3 Å². The van der Waals surface area contributed by atoms with Crippen molar-refractivity contribution < 1.29 is 9.47 Å². The zero-order valence-electron chi connectivity index (χ0n) is 12.7. The summed E-state index contributed by atoms with van der Waals surface area (Å²) in [6, 6.07) is 10.0. The average Bonchev–Trinajstić information content (AvgIpc) is 2.93. The Morgan fingerprint density at radius 3 is 2.71 bits per heavy atom. The Kier molecular flexibility index (Phi) is 6.24. The molecule has 0 bridgehead atoms. The van der Waals surface area contributed by atoms with Gasteiger partial charge in [-0.15, -0.1) is 0 Å². The monoisotopic (exact) mass is 289 g/mol. The van der Waals surface area contributed by atoms with E-state index in [4.69, 9.17) is 9.47 Å². The summed E-state index contributed by atoms with van der Waals surface area (Å²) in [5.41, 5.74) is 2.11. The lowest BCUT2D eigenvalue weighted by Crippen LogP contribution is -2.25. The molecule has 0 radical (unpaired) electrons. The molecular weight excluding hydrogens is 266 g/mol. The third-order valence-electron chi connectivity index (χ3n) is 3.15. The molecule has 0 saturated carbocycles. The number of benzene rings is 1. The normalized spacial score (nSPS) is 10.8. The van der Waals surface area contributed by atoms with Gasteiger partial charge in [0.15, 0.2) is 0 Å². The van der Waals surface area contributed by atoms with Crippen molar-refractivity contribution in [2.75, 3.05) is 32.9 Å². The molecule has 0 saturated heterocycles. The topological polar surface area (TPSA) is 48.3 Å². The molecule has 5 nitrogen and oxygen atoms in total. The molecule has 1 heterocycles. The van der Waals surface area contributed by atoms with Gasteiger partial charge < -0.3 is 14.8 Å². The van der Waals surface area contributed by atoms with Crippen LogP contribution in [0.2, 0.25) is 0 Å². The minimum atomic E-state index is 0.626. The number of nitrogens with one attached hydrogen (secondary N) is 1. The van der Waals surface area contributed by atoms with Crippen molar-refractivity contribution in [3.63, 3.8) is 0 Å². The fourth-order valence-electron chi connectivity index (χ4n) is 2.09. The zero-order valence-corrected chi connectivity index (χ0v) is 12.7. The molecule has 0 unspecified atom stereocenters. The number of nitrogens with zero attached hydrogens (tertiary/aromatic N) is 2. The largest absolute Gasteiger partial charge is 0.492 e. The van der Waals surface area contributed by atoms with Crippen LogP contribution in [0.4, 0.5) is 0 Å². The van der Waals surface area contributed by atoms with Gasteiger partial charge in [0.05, 0.1) is 12.3 Å². The summed E-state index contributed by atoms with van der Waals surface area (Å²) in [7, 11) is 1.93. The van der Waals surface area contributed by atoms with Crippen LogP contribution in [0.15, 0.2) is 36.5 Å². The number of hydrogen-bond acceptors (Lipinski definition) is 4. The molecule has 1 aromatic carbocycles. The Balaban J connectivity index is 1.85. The van der Waals surface area contributed by atoms with Gasteiger partial charge in [-0.3, -0.25) is 4.68 Å². The first-order chi connectivity index (χ1) is 10.3. The number of ether oxygens (including phenoxy) is 2. The van der Waals surface area contributed by atoms with E-state index in [1.165, 1.54) is 0 Å². The maximum Gasteiger partial charge on any atom is 0.128 e. The third kappa shape index (κ3) is 4.58. The minimum absolute atomic E-state index is 0.626. The van der Waals surface area contributed by atoms with E-state index >= 15 is 0 Å². The van der Waals surface area contributed by atoms with Gasteiger partial charge >= 0.3 is 0 Å². The van der Waals surface area contributed by atoms with Crippen LogP contribution in [-0.2, 0) is 11.8 Å². The second kappa shape index (κ2) is 8.44. The number of aromatic nitrogens is 2. The van der Waals surface area contributed by atoms with Crippen LogP contribution in [0.1, 0.15) is 6.92 Å². The molecule has 0 aliphatic carbocycles. The Morgan fingerprint density at radius 1 is 1.14 bits per heavy atom. The average molecular weight is 289 g/mol. The number of hydrogen-bond donors (Lipinski definition) is 1. The molecule has 0 amide bonds. The Bertz CT molecular complexity index is 540. The van der Waals surface area contributed by atoms with Gasteiger partial charge in [-0.2, -0.15) is 5.10 Å². The predicted molar refractivity (Wildman–Crippen MR) is 83.5 cm³/mol. The van der Waals surface area contributed by atoms with E-state index < -0.39 is 0 Å². The summed E-state index contributed by atoms with van der Waals surface area (Å²) >= 11 is 0. The first-order valence-corrected chi connectivity index (χ1v) is 7.31. The lowest BCUT2D eigenvalue weighted by atomic mass is 10.1. The molecule has 1 N–H and O–H groups in total. The first kappa shape index (κ1) is 15.5. The Labute approximate surface area is 125 Å². The van der Waals surface area contributed by atoms with Crippen molar-refractivity contribution in [1.82, 2.24) is 15.1 Å². The van der Waals surface area contributed by atoms with E-state index in [2.05, 4.69) is 16.5 Å². The van der Waals surface area contributed by atoms with Crippen molar-refractivity contribution in [2.24, 2.45) is 7.05 Å².